The summed E-state index contributed by atoms with van der Waals surface area (Å²) in [5.41, 5.74) is 3.21. The van der Waals surface area contributed by atoms with Gasteiger partial charge in [0, 0.05) is 17.8 Å². The lowest BCUT2D eigenvalue weighted by molar-refractivity contribution is 0.586. The van der Waals surface area contributed by atoms with Crippen molar-refractivity contribution in [1.29, 1.82) is 0 Å². The molecule has 0 radical (unpaired) electrons. The van der Waals surface area contributed by atoms with Gasteiger partial charge < -0.3 is 14.7 Å². The van der Waals surface area contributed by atoms with E-state index < -0.39 is 11.6 Å². The topological polar surface area (TPSA) is 70.9 Å². The molecule has 0 fully saturated rings. The van der Waals surface area contributed by atoms with Gasteiger partial charge in [-0.3, -0.25) is 0 Å². The minimum atomic E-state index is -0.690. The Hall–Kier alpha value is -3.81. The van der Waals surface area contributed by atoms with E-state index in [-0.39, 0.29) is 5.69 Å². The zero-order valence-corrected chi connectivity index (χ0v) is 13.8. The number of hydrogen-bond acceptors (Lipinski definition) is 4. The monoisotopic (exact) mass is 362 g/mol. The molecular formula is C19H12F2N6. The van der Waals surface area contributed by atoms with Crippen LogP contribution in [0.15, 0.2) is 61.1 Å². The van der Waals surface area contributed by atoms with Gasteiger partial charge in [-0.1, -0.05) is 6.07 Å². The number of halogens is 2. The summed E-state index contributed by atoms with van der Waals surface area (Å²) >= 11 is 0. The zero-order valence-electron chi connectivity index (χ0n) is 13.8. The number of benzene rings is 2. The van der Waals surface area contributed by atoms with Crippen molar-refractivity contribution in [2.45, 2.75) is 0 Å². The standard InChI is InChI=1S/C19H12F2N6/c20-11-6-7-14(13(21)9-11)24-19-16-5-2-8-27(16)15-4-1-3-12(17(15)25-19)18-22-10-23-26-18/h1-10H,(H,24,25)(H,22,23,26). The van der Waals surface area contributed by atoms with Crippen molar-refractivity contribution in [3.05, 3.63) is 72.7 Å². The predicted molar refractivity (Wildman–Crippen MR) is 97.7 cm³/mol. The number of H-pyrrole nitrogens is 1. The van der Waals surface area contributed by atoms with Gasteiger partial charge in [0.1, 0.15) is 23.5 Å². The van der Waals surface area contributed by atoms with Gasteiger partial charge in [0.2, 0.25) is 0 Å². The van der Waals surface area contributed by atoms with Crippen LogP contribution in [-0.2, 0) is 0 Å². The minimum Gasteiger partial charge on any atom is -0.336 e. The Kier molecular flexibility index (Phi) is 3.36. The molecule has 5 rings (SSSR count). The van der Waals surface area contributed by atoms with Crippen molar-refractivity contribution in [2.75, 3.05) is 5.32 Å². The van der Waals surface area contributed by atoms with Crippen molar-refractivity contribution in [2.24, 2.45) is 0 Å². The number of para-hydroxylation sites is 1. The highest BCUT2D eigenvalue weighted by atomic mass is 19.1. The molecule has 0 bridgehead atoms. The maximum absolute atomic E-state index is 14.1. The largest absolute Gasteiger partial charge is 0.336 e. The van der Waals surface area contributed by atoms with E-state index in [9.17, 15) is 8.78 Å². The Labute approximate surface area is 151 Å². The second kappa shape index (κ2) is 5.87. The molecule has 3 heterocycles. The third-order valence-corrected chi connectivity index (χ3v) is 4.35. The maximum atomic E-state index is 14.1. The summed E-state index contributed by atoms with van der Waals surface area (Å²) in [6.07, 6.45) is 3.39. The Morgan fingerprint density at radius 1 is 1.00 bits per heavy atom. The lowest BCUT2D eigenvalue weighted by atomic mass is 10.1. The molecule has 0 aliphatic rings. The number of hydrogen-bond donors (Lipinski definition) is 2. The number of nitrogens with one attached hydrogen (secondary N) is 2. The van der Waals surface area contributed by atoms with Gasteiger partial charge in [-0.2, -0.15) is 0 Å². The highest BCUT2D eigenvalue weighted by Gasteiger charge is 2.15. The van der Waals surface area contributed by atoms with E-state index in [4.69, 9.17) is 4.98 Å². The molecule has 132 valence electrons. The van der Waals surface area contributed by atoms with Crippen LogP contribution in [0.1, 0.15) is 0 Å². The summed E-state index contributed by atoms with van der Waals surface area (Å²) < 4.78 is 29.3. The molecule has 0 aliphatic heterocycles. The third-order valence-electron chi connectivity index (χ3n) is 4.35. The lowest BCUT2D eigenvalue weighted by Gasteiger charge is -2.13. The zero-order chi connectivity index (χ0) is 18.4. The van der Waals surface area contributed by atoms with Crippen LogP contribution >= 0.6 is 0 Å². The van der Waals surface area contributed by atoms with Crippen LogP contribution in [-0.4, -0.2) is 24.6 Å². The Morgan fingerprint density at radius 2 is 1.89 bits per heavy atom. The fourth-order valence-electron chi connectivity index (χ4n) is 3.13. The first kappa shape index (κ1) is 15.4. The van der Waals surface area contributed by atoms with Gasteiger partial charge >= 0.3 is 0 Å². The first-order valence-corrected chi connectivity index (χ1v) is 8.19. The highest BCUT2D eigenvalue weighted by molar-refractivity contribution is 5.94. The first-order valence-electron chi connectivity index (χ1n) is 8.19. The van der Waals surface area contributed by atoms with Crippen LogP contribution in [0, 0.1) is 11.6 Å². The van der Waals surface area contributed by atoms with Gasteiger partial charge in [-0.05, 0) is 36.4 Å². The van der Waals surface area contributed by atoms with Crippen molar-refractivity contribution in [1.82, 2.24) is 24.6 Å². The van der Waals surface area contributed by atoms with Crippen LogP contribution in [0.3, 0.4) is 0 Å². The Bertz CT molecular complexity index is 1280. The smallest absolute Gasteiger partial charge is 0.163 e. The second-order valence-corrected chi connectivity index (χ2v) is 5.98. The van der Waals surface area contributed by atoms with Gasteiger partial charge in [-0.25, -0.2) is 13.8 Å². The number of rotatable bonds is 3. The van der Waals surface area contributed by atoms with Crippen LogP contribution in [0.2, 0.25) is 0 Å². The van der Waals surface area contributed by atoms with Crippen molar-refractivity contribution in [3.8, 4) is 11.4 Å². The molecule has 8 heteroatoms. The van der Waals surface area contributed by atoms with E-state index >= 15 is 0 Å². The van der Waals surface area contributed by atoms with Gasteiger partial charge in [0.15, 0.2) is 11.6 Å². The Morgan fingerprint density at radius 3 is 2.70 bits per heavy atom. The molecule has 0 saturated carbocycles. The highest BCUT2D eigenvalue weighted by Crippen LogP contribution is 2.30. The van der Waals surface area contributed by atoms with Crippen LogP contribution in [0.4, 0.5) is 20.3 Å². The van der Waals surface area contributed by atoms with E-state index in [1.54, 1.807) is 0 Å². The van der Waals surface area contributed by atoms with E-state index in [1.807, 2.05) is 40.9 Å². The summed E-state index contributed by atoms with van der Waals surface area (Å²) in [4.78, 5) is 7.69. The third kappa shape index (κ3) is 2.50. The van der Waals surface area contributed by atoms with Gasteiger partial charge in [-0.15, -0.1) is 10.2 Å². The van der Waals surface area contributed by atoms with Crippen LogP contribution in [0.25, 0.3) is 27.9 Å². The number of aromatic amines is 1. The number of fused-ring (bicyclic) bond motifs is 3. The molecule has 5 aromatic rings. The molecule has 0 amide bonds. The lowest BCUT2D eigenvalue weighted by Crippen LogP contribution is -2.02. The van der Waals surface area contributed by atoms with E-state index in [0.29, 0.717) is 17.2 Å². The average molecular weight is 362 g/mol. The second-order valence-electron chi connectivity index (χ2n) is 5.98. The molecule has 0 aliphatic carbocycles. The van der Waals surface area contributed by atoms with E-state index in [2.05, 4.69) is 20.5 Å². The minimum absolute atomic E-state index is 0.142. The molecule has 0 unspecified atom stereocenters. The Balaban J connectivity index is 1.76. The summed E-state index contributed by atoms with van der Waals surface area (Å²) in [6, 6.07) is 12.9. The molecule has 2 N–H and O–H groups in total. The molecule has 3 aromatic heterocycles. The van der Waals surface area contributed by atoms with E-state index in [1.165, 1.54) is 18.5 Å². The molecular weight excluding hydrogens is 350 g/mol. The first-order chi connectivity index (χ1) is 13.2. The molecule has 0 atom stereocenters. The fourth-order valence-corrected chi connectivity index (χ4v) is 3.13. The number of anilines is 2. The molecule has 6 nitrogen and oxygen atoms in total. The molecule has 0 saturated heterocycles. The predicted octanol–water partition coefficient (Wildman–Crippen LogP) is 4.29. The van der Waals surface area contributed by atoms with Crippen molar-refractivity contribution in [3.63, 3.8) is 0 Å². The molecule has 27 heavy (non-hydrogen) atoms. The summed E-state index contributed by atoms with van der Waals surface area (Å²) in [7, 11) is 0. The summed E-state index contributed by atoms with van der Waals surface area (Å²) in [6.45, 7) is 0. The summed E-state index contributed by atoms with van der Waals surface area (Å²) in [5, 5.41) is 10.9. The number of nitrogens with zero attached hydrogens (tertiary/aromatic N) is 4. The molecule has 2 aromatic carbocycles. The van der Waals surface area contributed by atoms with Crippen LogP contribution < -0.4 is 5.32 Å². The summed E-state index contributed by atoms with van der Waals surface area (Å²) in [5.74, 6) is -0.293. The van der Waals surface area contributed by atoms with Gasteiger partial charge in [0.25, 0.3) is 0 Å². The fraction of sp³-hybridized carbons (Fsp3) is 0. The van der Waals surface area contributed by atoms with Crippen molar-refractivity contribution < 1.29 is 8.78 Å². The van der Waals surface area contributed by atoms with E-state index in [0.717, 1.165) is 22.7 Å². The normalized spacial score (nSPS) is 11.3. The maximum Gasteiger partial charge on any atom is 0.163 e. The number of aromatic nitrogens is 5. The molecule has 0 spiro atoms. The van der Waals surface area contributed by atoms with Crippen molar-refractivity contribution >= 4 is 28.1 Å². The van der Waals surface area contributed by atoms with Gasteiger partial charge in [0.05, 0.1) is 16.7 Å². The SMILES string of the molecule is Fc1ccc(Nc2nc3c(-c4nnc[nH]4)cccc3n3cccc23)c(F)c1. The van der Waals surface area contributed by atoms with Crippen LogP contribution in [0.5, 0.6) is 0 Å². The quantitative estimate of drug-likeness (QED) is 0.502. The average Bonchev–Trinajstić information content (AvgIpc) is 3.35.